The van der Waals surface area contributed by atoms with E-state index in [2.05, 4.69) is 4.98 Å². The van der Waals surface area contributed by atoms with Gasteiger partial charge in [0.1, 0.15) is 0 Å². The Hall–Kier alpha value is -1.16. The van der Waals surface area contributed by atoms with Gasteiger partial charge in [0.15, 0.2) is 11.4 Å². The summed E-state index contributed by atoms with van der Waals surface area (Å²) in [6.07, 6.45) is 7.78. The SMILES string of the molecule is Oc1cccn2cc(C3CCCCS3)nc12. The van der Waals surface area contributed by atoms with Crippen LogP contribution in [0.3, 0.4) is 0 Å². The van der Waals surface area contributed by atoms with Gasteiger partial charge < -0.3 is 9.51 Å². The number of fused-ring (bicyclic) bond motifs is 1. The van der Waals surface area contributed by atoms with Gasteiger partial charge in [-0.2, -0.15) is 11.8 Å². The van der Waals surface area contributed by atoms with Crippen LogP contribution in [0.2, 0.25) is 0 Å². The fourth-order valence-electron chi connectivity index (χ4n) is 2.15. The Labute approximate surface area is 98.5 Å². The third kappa shape index (κ3) is 1.67. The number of pyridine rings is 1. The lowest BCUT2D eigenvalue weighted by Crippen LogP contribution is -2.02. The highest BCUT2D eigenvalue weighted by Gasteiger charge is 2.19. The first-order valence-electron chi connectivity index (χ1n) is 5.63. The van der Waals surface area contributed by atoms with Gasteiger partial charge in [-0.25, -0.2) is 4.98 Å². The molecule has 1 unspecified atom stereocenters. The zero-order valence-electron chi connectivity index (χ0n) is 8.97. The summed E-state index contributed by atoms with van der Waals surface area (Å²) in [6.45, 7) is 0. The van der Waals surface area contributed by atoms with E-state index in [0.29, 0.717) is 10.9 Å². The second-order valence-electron chi connectivity index (χ2n) is 4.15. The zero-order chi connectivity index (χ0) is 11.0. The van der Waals surface area contributed by atoms with Gasteiger partial charge in [0.2, 0.25) is 0 Å². The lowest BCUT2D eigenvalue weighted by molar-refractivity contribution is 0.477. The van der Waals surface area contributed by atoms with Crippen LogP contribution in [-0.4, -0.2) is 20.2 Å². The lowest BCUT2D eigenvalue weighted by Gasteiger charge is -2.18. The molecule has 0 amide bonds. The standard InChI is InChI=1S/C12H14N2OS/c15-10-4-3-6-14-8-9(13-12(10)14)11-5-1-2-7-16-11/h3-4,6,8,11,15H,1-2,5,7H2. The van der Waals surface area contributed by atoms with Gasteiger partial charge in [-0.05, 0) is 30.7 Å². The Morgan fingerprint density at radius 3 is 3.12 bits per heavy atom. The molecule has 2 aromatic rings. The minimum absolute atomic E-state index is 0.259. The Morgan fingerprint density at radius 2 is 2.38 bits per heavy atom. The molecule has 3 heterocycles. The number of aromatic nitrogens is 2. The summed E-state index contributed by atoms with van der Waals surface area (Å²) in [5.41, 5.74) is 1.77. The van der Waals surface area contributed by atoms with Crippen molar-refractivity contribution in [3.63, 3.8) is 0 Å². The summed E-state index contributed by atoms with van der Waals surface area (Å²) in [4.78, 5) is 4.53. The topological polar surface area (TPSA) is 37.5 Å². The minimum Gasteiger partial charge on any atom is -0.504 e. The van der Waals surface area contributed by atoms with Crippen molar-refractivity contribution in [3.8, 4) is 5.75 Å². The summed E-state index contributed by atoms with van der Waals surface area (Å²) in [6, 6.07) is 3.52. The number of rotatable bonds is 1. The Balaban J connectivity index is 2.01. The third-order valence-corrected chi connectivity index (χ3v) is 4.39. The third-order valence-electron chi connectivity index (χ3n) is 2.99. The van der Waals surface area contributed by atoms with Gasteiger partial charge in [0.25, 0.3) is 0 Å². The molecule has 4 heteroatoms. The van der Waals surface area contributed by atoms with Gasteiger partial charge in [0.05, 0.1) is 5.69 Å². The van der Waals surface area contributed by atoms with E-state index in [1.165, 1.54) is 25.0 Å². The van der Waals surface area contributed by atoms with Crippen molar-refractivity contribution < 1.29 is 5.11 Å². The van der Waals surface area contributed by atoms with E-state index in [4.69, 9.17) is 0 Å². The molecule has 1 aliphatic heterocycles. The summed E-state index contributed by atoms with van der Waals surface area (Å²) in [7, 11) is 0. The largest absolute Gasteiger partial charge is 0.504 e. The fraction of sp³-hybridized carbons (Fsp3) is 0.417. The van der Waals surface area contributed by atoms with Crippen LogP contribution in [0.5, 0.6) is 5.75 Å². The molecule has 3 nitrogen and oxygen atoms in total. The van der Waals surface area contributed by atoms with E-state index in [1.807, 2.05) is 34.6 Å². The molecule has 0 saturated carbocycles. The molecule has 1 fully saturated rings. The Bertz CT molecular complexity index is 503. The van der Waals surface area contributed by atoms with Gasteiger partial charge in [0, 0.05) is 17.6 Å². The highest BCUT2D eigenvalue weighted by atomic mass is 32.2. The predicted molar refractivity (Wildman–Crippen MR) is 65.9 cm³/mol. The average molecular weight is 234 g/mol. The average Bonchev–Trinajstić information content (AvgIpc) is 2.76. The molecule has 84 valence electrons. The molecule has 1 atom stereocenters. The van der Waals surface area contributed by atoms with Crippen molar-refractivity contribution in [2.45, 2.75) is 24.5 Å². The van der Waals surface area contributed by atoms with Crippen LogP contribution in [-0.2, 0) is 0 Å². The molecular formula is C12H14N2OS. The molecule has 1 saturated heterocycles. The molecule has 1 N–H and O–H groups in total. The normalized spacial score (nSPS) is 21.4. The fourth-order valence-corrected chi connectivity index (χ4v) is 3.42. The van der Waals surface area contributed by atoms with Crippen LogP contribution in [0.4, 0.5) is 0 Å². The maximum Gasteiger partial charge on any atom is 0.179 e. The van der Waals surface area contributed by atoms with Crippen molar-refractivity contribution in [1.82, 2.24) is 9.38 Å². The van der Waals surface area contributed by atoms with E-state index in [-0.39, 0.29) is 5.75 Å². The molecule has 0 aromatic carbocycles. The van der Waals surface area contributed by atoms with E-state index in [9.17, 15) is 5.11 Å². The molecule has 2 aromatic heterocycles. The summed E-state index contributed by atoms with van der Waals surface area (Å²) >= 11 is 1.98. The molecule has 0 radical (unpaired) electrons. The molecular weight excluding hydrogens is 220 g/mol. The van der Waals surface area contributed by atoms with E-state index < -0.39 is 0 Å². The molecule has 0 bridgehead atoms. The predicted octanol–water partition coefficient (Wildman–Crippen LogP) is 3.00. The minimum atomic E-state index is 0.259. The Morgan fingerprint density at radius 1 is 1.44 bits per heavy atom. The molecule has 0 aliphatic carbocycles. The number of thioether (sulfide) groups is 1. The lowest BCUT2D eigenvalue weighted by atomic mass is 10.1. The molecule has 3 rings (SSSR count). The van der Waals surface area contributed by atoms with Crippen molar-refractivity contribution >= 4 is 17.4 Å². The number of nitrogens with zero attached hydrogens (tertiary/aromatic N) is 2. The van der Waals surface area contributed by atoms with Crippen molar-refractivity contribution in [2.24, 2.45) is 0 Å². The second kappa shape index (κ2) is 4.01. The van der Waals surface area contributed by atoms with E-state index in [0.717, 1.165) is 5.69 Å². The van der Waals surface area contributed by atoms with Gasteiger partial charge in [-0.1, -0.05) is 6.42 Å². The van der Waals surface area contributed by atoms with Crippen LogP contribution in [0.25, 0.3) is 5.65 Å². The van der Waals surface area contributed by atoms with Crippen molar-refractivity contribution in [3.05, 3.63) is 30.2 Å². The maximum absolute atomic E-state index is 9.69. The monoisotopic (exact) mass is 234 g/mol. The second-order valence-corrected chi connectivity index (χ2v) is 5.46. The van der Waals surface area contributed by atoms with E-state index >= 15 is 0 Å². The summed E-state index contributed by atoms with van der Waals surface area (Å²) < 4.78 is 1.90. The van der Waals surface area contributed by atoms with Crippen LogP contribution in [0.1, 0.15) is 30.2 Å². The van der Waals surface area contributed by atoms with Crippen LogP contribution in [0.15, 0.2) is 24.5 Å². The first-order chi connectivity index (χ1) is 7.84. The van der Waals surface area contributed by atoms with E-state index in [1.54, 1.807) is 6.07 Å². The van der Waals surface area contributed by atoms with Crippen LogP contribution < -0.4 is 0 Å². The zero-order valence-corrected chi connectivity index (χ0v) is 9.78. The maximum atomic E-state index is 9.69. The first-order valence-corrected chi connectivity index (χ1v) is 6.67. The quantitative estimate of drug-likeness (QED) is 0.824. The highest BCUT2D eigenvalue weighted by molar-refractivity contribution is 7.99. The Kier molecular flexibility index (Phi) is 2.52. The van der Waals surface area contributed by atoms with Crippen LogP contribution >= 0.6 is 11.8 Å². The smallest absolute Gasteiger partial charge is 0.179 e. The number of hydrogen-bond donors (Lipinski definition) is 1. The highest BCUT2D eigenvalue weighted by Crippen LogP contribution is 2.38. The molecule has 16 heavy (non-hydrogen) atoms. The summed E-state index contributed by atoms with van der Waals surface area (Å²) in [5, 5.41) is 10.2. The molecule has 0 spiro atoms. The van der Waals surface area contributed by atoms with Crippen LogP contribution in [0, 0.1) is 0 Å². The number of imidazole rings is 1. The van der Waals surface area contributed by atoms with Gasteiger partial charge in [-0.15, -0.1) is 0 Å². The molecule has 1 aliphatic rings. The number of hydrogen-bond acceptors (Lipinski definition) is 3. The van der Waals surface area contributed by atoms with Gasteiger partial charge >= 0.3 is 0 Å². The number of aromatic hydroxyl groups is 1. The first kappa shape index (κ1) is 10.0. The van der Waals surface area contributed by atoms with Crippen molar-refractivity contribution in [1.29, 1.82) is 0 Å². The summed E-state index contributed by atoms with van der Waals surface area (Å²) in [5.74, 6) is 1.49. The van der Waals surface area contributed by atoms with Gasteiger partial charge in [-0.3, -0.25) is 0 Å². The van der Waals surface area contributed by atoms with Crippen molar-refractivity contribution in [2.75, 3.05) is 5.75 Å².